The van der Waals surface area contributed by atoms with Crippen molar-refractivity contribution < 1.29 is 32.2 Å². The Hall–Kier alpha value is -2.99. The summed E-state index contributed by atoms with van der Waals surface area (Å²) >= 11 is 0. The van der Waals surface area contributed by atoms with Gasteiger partial charge in [-0.25, -0.2) is 4.79 Å². The highest BCUT2D eigenvalue weighted by molar-refractivity contribution is 5.92. The van der Waals surface area contributed by atoms with Gasteiger partial charge in [-0.3, -0.25) is 0 Å². The average molecular weight is 382 g/mol. The van der Waals surface area contributed by atoms with Gasteiger partial charge in [0, 0.05) is 7.11 Å². The van der Waals surface area contributed by atoms with Crippen LogP contribution in [0.3, 0.4) is 0 Å². The highest BCUT2D eigenvalue weighted by Gasteiger charge is 2.42. The average Bonchev–Trinajstić information content (AvgIpc) is 2.61. The largest absolute Gasteiger partial charge is 0.463 e. The number of carbonyl (C=O) groups is 1. The minimum Gasteiger partial charge on any atom is -0.463 e. The van der Waals surface area contributed by atoms with Gasteiger partial charge in [-0.2, -0.15) is 18.4 Å². The molecule has 0 bridgehead atoms. The van der Waals surface area contributed by atoms with Gasteiger partial charge in [-0.1, -0.05) is 18.2 Å². The van der Waals surface area contributed by atoms with Gasteiger partial charge in [0.05, 0.1) is 23.7 Å². The van der Waals surface area contributed by atoms with Crippen molar-refractivity contribution in [1.82, 2.24) is 0 Å². The van der Waals surface area contributed by atoms with Crippen molar-refractivity contribution in [3.63, 3.8) is 0 Å². The van der Waals surface area contributed by atoms with Crippen LogP contribution in [0.4, 0.5) is 13.2 Å². The molecule has 0 unspecified atom stereocenters. The predicted molar refractivity (Wildman–Crippen MR) is 87.6 cm³/mol. The number of allylic oxidation sites excluding steroid dienone is 1. The molecule has 1 aromatic rings. The van der Waals surface area contributed by atoms with Crippen LogP contribution in [0, 0.1) is 11.3 Å². The molecule has 1 heterocycles. The van der Waals surface area contributed by atoms with Crippen molar-refractivity contribution in [2.75, 3.05) is 20.3 Å². The lowest BCUT2D eigenvalue weighted by Gasteiger charge is -2.29. The summed E-state index contributed by atoms with van der Waals surface area (Å²) in [6.45, 7) is 1.29. The van der Waals surface area contributed by atoms with Gasteiger partial charge < -0.3 is 19.9 Å². The first kappa shape index (κ1) is 20.3. The van der Waals surface area contributed by atoms with Gasteiger partial charge in [0.25, 0.3) is 0 Å². The van der Waals surface area contributed by atoms with E-state index in [2.05, 4.69) is 0 Å². The van der Waals surface area contributed by atoms with Crippen LogP contribution in [0.15, 0.2) is 47.1 Å². The fourth-order valence-electron chi connectivity index (χ4n) is 2.81. The molecular formula is C18H17F3N2O4. The maximum atomic E-state index is 13.5. The van der Waals surface area contributed by atoms with Crippen molar-refractivity contribution in [3.8, 4) is 6.07 Å². The van der Waals surface area contributed by atoms with Crippen molar-refractivity contribution >= 4 is 5.97 Å². The van der Waals surface area contributed by atoms with Crippen LogP contribution in [0.5, 0.6) is 0 Å². The fraction of sp³-hybridized carbons (Fsp3) is 0.333. The minimum atomic E-state index is -4.70. The SMILES string of the molecule is CCOC(=O)C1=C(COC)OC(N)=C(C#N)[C@H]1c1ccccc1C(F)(F)F. The number of carbonyl (C=O) groups excluding carboxylic acids is 1. The van der Waals surface area contributed by atoms with E-state index in [1.54, 1.807) is 13.0 Å². The summed E-state index contributed by atoms with van der Waals surface area (Å²) in [5.74, 6) is -2.80. The molecule has 1 aliphatic heterocycles. The van der Waals surface area contributed by atoms with E-state index in [4.69, 9.17) is 19.9 Å². The zero-order valence-electron chi connectivity index (χ0n) is 14.6. The van der Waals surface area contributed by atoms with Crippen molar-refractivity contribution in [2.24, 2.45) is 5.73 Å². The maximum absolute atomic E-state index is 13.5. The summed E-state index contributed by atoms with van der Waals surface area (Å²) in [5.41, 5.74) is 3.89. The number of halogens is 3. The summed E-state index contributed by atoms with van der Waals surface area (Å²) in [7, 11) is 1.32. The lowest BCUT2D eigenvalue weighted by atomic mass is 9.80. The molecule has 0 saturated carbocycles. The highest BCUT2D eigenvalue weighted by Crippen LogP contribution is 2.44. The summed E-state index contributed by atoms with van der Waals surface area (Å²) in [5, 5.41) is 9.48. The minimum absolute atomic E-state index is 0.0166. The number of methoxy groups -OCH3 is 1. The second kappa shape index (κ2) is 8.14. The van der Waals surface area contributed by atoms with Crippen LogP contribution >= 0.6 is 0 Å². The van der Waals surface area contributed by atoms with Gasteiger partial charge in [-0.05, 0) is 18.6 Å². The molecule has 2 N–H and O–H groups in total. The van der Waals surface area contributed by atoms with Crippen LogP contribution in [0.2, 0.25) is 0 Å². The van der Waals surface area contributed by atoms with Gasteiger partial charge in [-0.15, -0.1) is 0 Å². The number of alkyl halides is 3. The quantitative estimate of drug-likeness (QED) is 0.787. The molecule has 0 fully saturated rings. The van der Waals surface area contributed by atoms with Crippen LogP contribution in [0.1, 0.15) is 24.0 Å². The van der Waals surface area contributed by atoms with Crippen LogP contribution < -0.4 is 5.73 Å². The number of nitrogens with two attached hydrogens (primary N) is 1. The molecule has 27 heavy (non-hydrogen) atoms. The third kappa shape index (κ3) is 4.06. The number of rotatable bonds is 5. The van der Waals surface area contributed by atoms with Crippen LogP contribution in [-0.2, 0) is 25.2 Å². The Kier molecular flexibility index (Phi) is 6.13. The monoisotopic (exact) mass is 382 g/mol. The number of nitriles is 1. The van der Waals surface area contributed by atoms with Crippen molar-refractivity contribution in [1.29, 1.82) is 5.26 Å². The number of hydrogen-bond acceptors (Lipinski definition) is 6. The molecule has 9 heteroatoms. The first-order valence-electron chi connectivity index (χ1n) is 7.89. The maximum Gasteiger partial charge on any atom is 0.416 e. The topological polar surface area (TPSA) is 94.6 Å². The first-order valence-corrected chi connectivity index (χ1v) is 7.89. The third-order valence-electron chi connectivity index (χ3n) is 3.84. The Labute approximate surface area is 153 Å². The van der Waals surface area contributed by atoms with Gasteiger partial charge in [0.2, 0.25) is 5.88 Å². The lowest BCUT2D eigenvalue weighted by molar-refractivity contribution is -0.141. The van der Waals surface area contributed by atoms with Gasteiger partial charge in [0.15, 0.2) is 0 Å². The second-order valence-corrected chi connectivity index (χ2v) is 5.50. The molecule has 6 nitrogen and oxygen atoms in total. The van der Waals surface area contributed by atoms with E-state index in [0.717, 1.165) is 6.07 Å². The Balaban J connectivity index is 2.79. The van der Waals surface area contributed by atoms with Gasteiger partial charge >= 0.3 is 12.1 Å². The molecule has 0 saturated heterocycles. The Morgan fingerprint density at radius 2 is 2.04 bits per heavy atom. The molecule has 0 spiro atoms. The van der Waals surface area contributed by atoms with Crippen LogP contribution in [-0.4, -0.2) is 26.3 Å². The van der Waals surface area contributed by atoms with E-state index in [1.165, 1.54) is 25.3 Å². The van der Waals surface area contributed by atoms with Crippen molar-refractivity contribution in [3.05, 3.63) is 58.2 Å². The molecule has 1 aromatic carbocycles. The summed E-state index contributed by atoms with van der Waals surface area (Å²) in [6, 6.07) is 6.40. The standard InChI is InChI=1S/C18H17F3N2O4/c1-3-26-17(24)15-13(9-25-2)27-16(23)11(8-22)14(15)10-6-4-5-7-12(10)18(19,20)21/h4-7,14H,3,9,23H2,1-2H3/t14-/m1/s1. The van der Waals surface area contributed by atoms with E-state index < -0.39 is 23.6 Å². The van der Waals surface area contributed by atoms with Gasteiger partial charge in [0.1, 0.15) is 24.0 Å². The van der Waals surface area contributed by atoms with E-state index in [1.807, 2.05) is 0 Å². The predicted octanol–water partition coefficient (Wildman–Crippen LogP) is 2.98. The molecular weight excluding hydrogens is 365 g/mol. The number of nitrogens with zero attached hydrogens (tertiary/aromatic N) is 1. The van der Waals surface area contributed by atoms with Crippen molar-refractivity contribution in [2.45, 2.75) is 19.0 Å². The molecule has 0 aromatic heterocycles. The number of esters is 1. The third-order valence-corrected chi connectivity index (χ3v) is 3.84. The molecule has 144 valence electrons. The summed E-state index contributed by atoms with van der Waals surface area (Å²) in [6.07, 6.45) is -4.70. The molecule has 1 atom stereocenters. The summed E-state index contributed by atoms with van der Waals surface area (Å²) < 4.78 is 55.8. The normalized spacial score (nSPS) is 17.4. The smallest absolute Gasteiger partial charge is 0.416 e. The lowest BCUT2D eigenvalue weighted by Crippen LogP contribution is -2.29. The molecule has 1 aliphatic rings. The zero-order chi connectivity index (χ0) is 20.2. The summed E-state index contributed by atoms with van der Waals surface area (Å²) in [4.78, 5) is 12.5. The van der Waals surface area contributed by atoms with Crippen LogP contribution in [0.25, 0.3) is 0 Å². The number of benzene rings is 1. The Morgan fingerprint density at radius 3 is 2.59 bits per heavy atom. The second-order valence-electron chi connectivity index (χ2n) is 5.50. The van der Waals surface area contributed by atoms with E-state index in [0.29, 0.717) is 0 Å². The molecule has 2 rings (SSSR count). The first-order chi connectivity index (χ1) is 12.8. The Morgan fingerprint density at radius 1 is 1.37 bits per heavy atom. The molecule has 0 radical (unpaired) electrons. The van der Waals surface area contributed by atoms with E-state index in [9.17, 15) is 23.2 Å². The number of ether oxygens (including phenoxy) is 3. The molecule has 0 aliphatic carbocycles. The van der Waals surface area contributed by atoms with E-state index >= 15 is 0 Å². The zero-order valence-corrected chi connectivity index (χ0v) is 14.6. The fourth-order valence-corrected chi connectivity index (χ4v) is 2.81. The van der Waals surface area contributed by atoms with E-state index in [-0.39, 0.29) is 41.6 Å². The molecule has 0 amide bonds. The number of hydrogen-bond donors (Lipinski definition) is 1. The highest BCUT2D eigenvalue weighted by atomic mass is 19.4. The Bertz CT molecular complexity index is 838.